The molecule has 0 radical (unpaired) electrons. The van der Waals surface area contributed by atoms with Gasteiger partial charge in [0.2, 0.25) is 0 Å². The molecule has 0 heterocycles. The summed E-state index contributed by atoms with van der Waals surface area (Å²) in [6.45, 7) is -3.04. The van der Waals surface area contributed by atoms with Crippen molar-refractivity contribution in [1.29, 1.82) is 0 Å². The summed E-state index contributed by atoms with van der Waals surface area (Å²) < 4.78 is 47.6. The highest BCUT2D eigenvalue weighted by atomic mass is 35.5. The molecule has 2 rings (SSSR count). The zero-order valence-electron chi connectivity index (χ0n) is 12.4. The van der Waals surface area contributed by atoms with Crippen LogP contribution in [0.1, 0.15) is 15.9 Å². The van der Waals surface area contributed by atoms with Crippen molar-refractivity contribution in [1.82, 2.24) is 0 Å². The molecule has 126 valence electrons. The van der Waals surface area contributed by atoms with E-state index in [0.29, 0.717) is 0 Å². The lowest BCUT2D eigenvalue weighted by Gasteiger charge is -2.12. The average molecular weight is 357 g/mol. The molecule has 0 saturated heterocycles. The summed E-state index contributed by atoms with van der Waals surface area (Å²) in [6, 6.07) is 8.04. The molecule has 3 nitrogen and oxygen atoms in total. The van der Waals surface area contributed by atoms with Gasteiger partial charge in [-0.15, -0.1) is 0 Å². The molecular formula is C17H12ClF3O3. The second-order valence-electron chi connectivity index (χ2n) is 4.58. The predicted octanol–water partition coefficient (Wildman–Crippen LogP) is 4.99. The second-order valence-corrected chi connectivity index (χ2v) is 4.99. The maximum absolute atomic E-state index is 13.1. The lowest BCUT2D eigenvalue weighted by molar-refractivity contribution is -0.0513. The summed E-state index contributed by atoms with van der Waals surface area (Å²) in [4.78, 5) is 12.1. The Kier molecular flexibility index (Phi) is 5.87. The first-order valence-corrected chi connectivity index (χ1v) is 7.09. The van der Waals surface area contributed by atoms with E-state index in [1.54, 1.807) is 6.07 Å². The van der Waals surface area contributed by atoms with E-state index in [1.807, 2.05) is 0 Å². The van der Waals surface area contributed by atoms with E-state index in [0.717, 1.165) is 12.1 Å². The van der Waals surface area contributed by atoms with Crippen LogP contribution in [-0.2, 0) is 0 Å². The SMILES string of the molecule is COc1cccc(C=CC(=O)c2ccc(F)c(Cl)c2)c1OC(F)F. The molecule has 0 aliphatic carbocycles. The standard InChI is InChI=1S/C17H12ClF3O3/c1-23-15-4-2-3-10(16(15)24-17(20)21)6-8-14(22)11-5-7-13(19)12(18)9-11/h2-9,17H,1H3. The molecule has 2 aromatic rings. The van der Waals surface area contributed by atoms with Crippen molar-refractivity contribution in [2.24, 2.45) is 0 Å². The number of alkyl halides is 2. The third-order valence-electron chi connectivity index (χ3n) is 3.05. The molecule has 0 aromatic heterocycles. The maximum atomic E-state index is 13.1. The number of para-hydroxylation sites is 1. The van der Waals surface area contributed by atoms with Crippen LogP contribution in [0.3, 0.4) is 0 Å². The van der Waals surface area contributed by atoms with E-state index in [4.69, 9.17) is 16.3 Å². The first kappa shape index (κ1) is 17.9. The van der Waals surface area contributed by atoms with Crippen molar-refractivity contribution in [3.05, 3.63) is 64.4 Å². The van der Waals surface area contributed by atoms with Gasteiger partial charge in [-0.05, 0) is 36.4 Å². The van der Waals surface area contributed by atoms with Crippen molar-refractivity contribution < 1.29 is 27.4 Å². The van der Waals surface area contributed by atoms with Gasteiger partial charge in [0, 0.05) is 11.1 Å². The molecule has 0 spiro atoms. The van der Waals surface area contributed by atoms with E-state index in [9.17, 15) is 18.0 Å². The highest BCUT2D eigenvalue weighted by molar-refractivity contribution is 6.31. The first-order chi connectivity index (χ1) is 11.4. The van der Waals surface area contributed by atoms with Crippen molar-refractivity contribution in [3.8, 4) is 11.5 Å². The van der Waals surface area contributed by atoms with Gasteiger partial charge in [-0.2, -0.15) is 8.78 Å². The quantitative estimate of drug-likeness (QED) is 0.540. The Morgan fingerprint density at radius 1 is 1.25 bits per heavy atom. The summed E-state index contributed by atoms with van der Waals surface area (Å²) in [6.07, 6.45) is 2.45. The molecule has 2 aromatic carbocycles. The lowest BCUT2D eigenvalue weighted by Crippen LogP contribution is -2.05. The fourth-order valence-corrected chi connectivity index (χ4v) is 2.13. The van der Waals surface area contributed by atoms with E-state index < -0.39 is 18.2 Å². The first-order valence-electron chi connectivity index (χ1n) is 6.71. The number of hydrogen-bond acceptors (Lipinski definition) is 3. The van der Waals surface area contributed by atoms with Gasteiger partial charge < -0.3 is 9.47 Å². The Labute approximate surface area is 141 Å². The third-order valence-corrected chi connectivity index (χ3v) is 3.34. The molecule has 0 aliphatic heterocycles. The zero-order chi connectivity index (χ0) is 17.7. The molecule has 0 bridgehead atoms. The number of carbonyl (C=O) groups excluding carboxylic acids is 1. The van der Waals surface area contributed by atoms with Crippen LogP contribution in [0, 0.1) is 5.82 Å². The molecule has 0 atom stereocenters. The van der Waals surface area contributed by atoms with Gasteiger partial charge in [0.1, 0.15) is 5.82 Å². The minimum atomic E-state index is -3.04. The average Bonchev–Trinajstić information content (AvgIpc) is 2.55. The minimum Gasteiger partial charge on any atom is -0.493 e. The molecule has 0 amide bonds. The Hall–Kier alpha value is -2.47. The van der Waals surface area contributed by atoms with Gasteiger partial charge in [0.25, 0.3) is 0 Å². The number of ketones is 1. The van der Waals surface area contributed by atoms with Gasteiger partial charge in [0.15, 0.2) is 17.3 Å². The van der Waals surface area contributed by atoms with E-state index in [2.05, 4.69) is 4.74 Å². The molecule has 0 aliphatic rings. The Balaban J connectivity index is 2.30. The van der Waals surface area contributed by atoms with Crippen LogP contribution < -0.4 is 9.47 Å². The predicted molar refractivity (Wildman–Crippen MR) is 84.4 cm³/mol. The van der Waals surface area contributed by atoms with Crippen LogP contribution in [0.25, 0.3) is 6.08 Å². The van der Waals surface area contributed by atoms with Gasteiger partial charge in [-0.25, -0.2) is 4.39 Å². The number of hydrogen-bond donors (Lipinski definition) is 0. The third kappa shape index (κ3) is 4.29. The number of rotatable bonds is 6. The van der Waals surface area contributed by atoms with Gasteiger partial charge in [-0.1, -0.05) is 23.7 Å². The number of carbonyl (C=O) groups is 1. The number of methoxy groups -OCH3 is 1. The highest BCUT2D eigenvalue weighted by Crippen LogP contribution is 2.33. The van der Waals surface area contributed by atoms with Crippen molar-refractivity contribution in [2.45, 2.75) is 6.61 Å². The van der Waals surface area contributed by atoms with Gasteiger partial charge >= 0.3 is 6.61 Å². The number of benzene rings is 2. The summed E-state index contributed by atoms with van der Waals surface area (Å²) in [5.74, 6) is -1.19. The molecular weight excluding hydrogens is 345 g/mol. The highest BCUT2D eigenvalue weighted by Gasteiger charge is 2.14. The largest absolute Gasteiger partial charge is 0.493 e. The lowest BCUT2D eigenvalue weighted by atomic mass is 10.1. The normalized spacial score (nSPS) is 11.1. The topological polar surface area (TPSA) is 35.5 Å². The Bertz CT molecular complexity index is 776. The van der Waals surface area contributed by atoms with Gasteiger partial charge in [0.05, 0.1) is 12.1 Å². The zero-order valence-corrected chi connectivity index (χ0v) is 13.2. The van der Waals surface area contributed by atoms with E-state index in [-0.39, 0.29) is 27.6 Å². The van der Waals surface area contributed by atoms with E-state index in [1.165, 1.54) is 37.5 Å². The number of ether oxygens (including phenoxy) is 2. The molecule has 0 N–H and O–H groups in total. The van der Waals surface area contributed by atoms with Crippen LogP contribution in [-0.4, -0.2) is 19.5 Å². The molecule has 0 unspecified atom stereocenters. The summed E-state index contributed by atoms with van der Waals surface area (Å²) in [5, 5.41) is -0.183. The van der Waals surface area contributed by atoms with E-state index >= 15 is 0 Å². The smallest absolute Gasteiger partial charge is 0.387 e. The second kappa shape index (κ2) is 7.88. The fraction of sp³-hybridized carbons (Fsp3) is 0.118. The minimum absolute atomic E-state index is 0.106. The van der Waals surface area contributed by atoms with Crippen LogP contribution in [0.2, 0.25) is 5.02 Å². The summed E-state index contributed by atoms with van der Waals surface area (Å²) >= 11 is 5.63. The maximum Gasteiger partial charge on any atom is 0.387 e. The summed E-state index contributed by atoms with van der Waals surface area (Å²) in [5.41, 5.74) is 0.396. The Morgan fingerprint density at radius 3 is 2.62 bits per heavy atom. The van der Waals surface area contributed by atoms with Gasteiger partial charge in [-0.3, -0.25) is 4.79 Å². The van der Waals surface area contributed by atoms with Crippen molar-refractivity contribution in [3.63, 3.8) is 0 Å². The van der Waals surface area contributed by atoms with Crippen LogP contribution >= 0.6 is 11.6 Å². The number of allylic oxidation sites excluding steroid dienone is 1. The molecule has 7 heteroatoms. The Morgan fingerprint density at radius 2 is 2.00 bits per heavy atom. The van der Waals surface area contributed by atoms with Crippen molar-refractivity contribution in [2.75, 3.05) is 7.11 Å². The molecule has 0 fully saturated rings. The number of halogens is 4. The summed E-state index contributed by atoms with van der Waals surface area (Å²) in [7, 11) is 1.31. The van der Waals surface area contributed by atoms with Crippen molar-refractivity contribution >= 4 is 23.5 Å². The monoisotopic (exact) mass is 356 g/mol. The molecule has 24 heavy (non-hydrogen) atoms. The fourth-order valence-electron chi connectivity index (χ4n) is 1.95. The van der Waals surface area contributed by atoms with Crippen LogP contribution in [0.15, 0.2) is 42.5 Å². The van der Waals surface area contributed by atoms with Crippen LogP contribution in [0.5, 0.6) is 11.5 Å². The van der Waals surface area contributed by atoms with Crippen LogP contribution in [0.4, 0.5) is 13.2 Å². The molecule has 0 saturated carbocycles.